The van der Waals surface area contributed by atoms with Gasteiger partial charge in [-0.1, -0.05) is 129 Å². The minimum atomic E-state index is -0.281. The summed E-state index contributed by atoms with van der Waals surface area (Å²) in [6.07, 6.45) is 13.6. The predicted molar refractivity (Wildman–Crippen MR) is 238 cm³/mol. The highest BCUT2D eigenvalue weighted by molar-refractivity contribution is 6.42. The van der Waals surface area contributed by atoms with Crippen molar-refractivity contribution in [2.45, 2.75) is 131 Å². The van der Waals surface area contributed by atoms with Crippen LogP contribution >= 0.6 is 0 Å². The molecule has 2 unspecified atom stereocenters. The van der Waals surface area contributed by atoms with Gasteiger partial charge in [0.15, 0.2) is 0 Å². The van der Waals surface area contributed by atoms with E-state index in [9.17, 15) is 19.2 Å². The number of benzene rings is 5. The van der Waals surface area contributed by atoms with E-state index in [1.54, 1.807) is 0 Å². The second-order valence-corrected chi connectivity index (χ2v) is 16.8. The number of carbonyl (C=O) groups is 4. The van der Waals surface area contributed by atoms with E-state index in [1.165, 1.54) is 9.80 Å². The molecule has 2 heterocycles. The molecule has 0 fully saturated rings. The molecule has 300 valence electrons. The van der Waals surface area contributed by atoms with Gasteiger partial charge >= 0.3 is 0 Å². The Labute approximate surface area is 344 Å². The third-order valence-electron chi connectivity index (χ3n) is 12.5. The van der Waals surface area contributed by atoms with Gasteiger partial charge in [-0.3, -0.25) is 29.0 Å². The van der Waals surface area contributed by atoms with Crippen LogP contribution in [0.1, 0.15) is 184 Å². The summed E-state index contributed by atoms with van der Waals surface area (Å²) in [6, 6.07) is 11.5. The van der Waals surface area contributed by atoms with Gasteiger partial charge in [0.1, 0.15) is 0 Å². The standard InChI is InChI=1S/C52H58N2O4/c1-7-12-16-19-23-35-29-41-45-39(49(55)53(51(41)57)31-33(6)21-18-14-9-3)27-25-37-44-36(24-20-17-13-8-2)30-42-46-40(28-26-38(48(44)46)43(35)47(37)45)50(56)54(52(42)58)32-34(11-5)22-15-10-4/h25-30,33-34H,7-18,21-22,31-32H2,1-6H3. The molecule has 6 nitrogen and oxygen atoms in total. The molecule has 0 aromatic heterocycles. The fraction of sp³-hybridized carbons (Fsp3) is 0.462. The maximum Gasteiger partial charge on any atom is 0.261 e. The van der Waals surface area contributed by atoms with Crippen molar-refractivity contribution in [2.24, 2.45) is 11.8 Å². The topological polar surface area (TPSA) is 74.8 Å². The van der Waals surface area contributed by atoms with Gasteiger partial charge in [0, 0.05) is 91.6 Å². The number of imide groups is 2. The first-order chi connectivity index (χ1) is 28.2. The Balaban J connectivity index is 1.53. The van der Waals surface area contributed by atoms with E-state index in [0.717, 1.165) is 120 Å². The summed E-state index contributed by atoms with van der Waals surface area (Å²) in [6.45, 7) is 13.6. The van der Waals surface area contributed by atoms with E-state index in [0.29, 0.717) is 59.0 Å². The van der Waals surface area contributed by atoms with E-state index in [-0.39, 0.29) is 35.5 Å². The molecule has 7 rings (SSSR count). The fourth-order valence-corrected chi connectivity index (χ4v) is 9.26. The third-order valence-corrected chi connectivity index (χ3v) is 12.5. The van der Waals surface area contributed by atoms with Gasteiger partial charge in [-0.2, -0.15) is 0 Å². The Morgan fingerprint density at radius 1 is 0.500 bits per heavy atom. The van der Waals surface area contributed by atoms with E-state index in [4.69, 9.17) is 0 Å². The van der Waals surface area contributed by atoms with Crippen LogP contribution in [0.4, 0.5) is 0 Å². The molecular formula is C52H58N2O4. The molecule has 0 radical (unpaired) electrons. The second kappa shape index (κ2) is 17.7. The van der Waals surface area contributed by atoms with E-state index in [1.807, 2.05) is 36.4 Å². The highest BCUT2D eigenvalue weighted by atomic mass is 16.2. The van der Waals surface area contributed by atoms with E-state index >= 15 is 0 Å². The summed E-state index contributed by atoms with van der Waals surface area (Å²) in [5.41, 5.74) is 3.46. The largest absolute Gasteiger partial charge is 0.274 e. The van der Waals surface area contributed by atoms with Gasteiger partial charge in [0.05, 0.1) is 0 Å². The number of hydrogen-bond acceptors (Lipinski definition) is 4. The average Bonchev–Trinajstić information content (AvgIpc) is 3.23. The van der Waals surface area contributed by atoms with Gasteiger partial charge in [-0.05, 0) is 72.6 Å². The first-order valence-electron chi connectivity index (χ1n) is 22.2. The predicted octanol–water partition coefficient (Wildman–Crippen LogP) is 12.4. The van der Waals surface area contributed by atoms with Crippen LogP contribution in [0.15, 0.2) is 36.4 Å². The zero-order valence-corrected chi connectivity index (χ0v) is 35.5. The number of nitrogens with zero attached hydrogens (tertiary/aromatic N) is 2. The molecule has 0 spiro atoms. The monoisotopic (exact) mass is 774 g/mol. The summed E-state index contributed by atoms with van der Waals surface area (Å²) in [5.74, 6) is 13.1. The van der Waals surface area contributed by atoms with Crippen molar-refractivity contribution < 1.29 is 19.2 Å². The first-order valence-corrected chi connectivity index (χ1v) is 22.2. The molecular weight excluding hydrogens is 717 g/mol. The summed E-state index contributed by atoms with van der Waals surface area (Å²) >= 11 is 0. The Kier molecular flexibility index (Phi) is 12.5. The van der Waals surface area contributed by atoms with Crippen LogP contribution < -0.4 is 0 Å². The lowest BCUT2D eigenvalue weighted by Crippen LogP contribution is -2.43. The highest BCUT2D eigenvalue weighted by Crippen LogP contribution is 2.48. The van der Waals surface area contributed by atoms with E-state index in [2.05, 4.69) is 65.2 Å². The average molecular weight is 775 g/mol. The lowest BCUT2D eigenvalue weighted by Gasteiger charge is -2.32. The number of carbonyl (C=O) groups excluding carboxylic acids is 4. The Morgan fingerprint density at radius 2 is 0.966 bits per heavy atom. The van der Waals surface area contributed by atoms with Crippen molar-refractivity contribution in [1.29, 1.82) is 0 Å². The van der Waals surface area contributed by atoms with Crippen molar-refractivity contribution in [3.05, 3.63) is 69.8 Å². The second-order valence-electron chi connectivity index (χ2n) is 16.8. The Bertz CT molecular complexity index is 2560. The van der Waals surface area contributed by atoms with Crippen LogP contribution in [-0.2, 0) is 0 Å². The quantitative estimate of drug-likeness (QED) is 0.0329. The summed E-state index contributed by atoms with van der Waals surface area (Å²) in [5, 5.41) is 6.31. The highest BCUT2D eigenvalue weighted by Gasteiger charge is 2.39. The van der Waals surface area contributed by atoms with Crippen LogP contribution in [0.3, 0.4) is 0 Å². The number of rotatable bonds is 16. The number of hydrogen-bond donors (Lipinski definition) is 0. The van der Waals surface area contributed by atoms with Crippen LogP contribution in [0.25, 0.3) is 43.1 Å². The Morgan fingerprint density at radius 3 is 1.43 bits per heavy atom. The van der Waals surface area contributed by atoms with Gasteiger partial charge < -0.3 is 0 Å². The molecule has 5 aromatic carbocycles. The molecule has 0 bridgehead atoms. The molecule has 2 aliphatic rings. The lowest BCUT2D eigenvalue weighted by atomic mass is 9.79. The molecule has 0 aliphatic carbocycles. The number of unbranched alkanes of at least 4 members (excludes halogenated alkanes) is 7. The fourth-order valence-electron chi connectivity index (χ4n) is 9.26. The molecule has 0 saturated carbocycles. The summed E-state index contributed by atoms with van der Waals surface area (Å²) in [4.78, 5) is 61.0. The maximum atomic E-state index is 14.6. The normalized spacial score (nSPS) is 14.8. The van der Waals surface area contributed by atoms with Crippen LogP contribution in [-0.4, -0.2) is 46.5 Å². The van der Waals surface area contributed by atoms with Crippen molar-refractivity contribution in [2.75, 3.05) is 13.1 Å². The van der Waals surface area contributed by atoms with Gasteiger partial charge in [0.2, 0.25) is 0 Å². The lowest BCUT2D eigenvalue weighted by molar-refractivity contribution is 0.0568. The zero-order valence-electron chi connectivity index (χ0n) is 35.5. The summed E-state index contributed by atoms with van der Waals surface area (Å²) in [7, 11) is 0. The SMILES string of the molecule is CCCCC#Cc1cc2c3c(ccc4c5c(C#CCCCC)cc6c7c(ccc(c1c34)c75)C(=O)N(CC(CC)CCCC)C6=O)C(=O)N(CC(C)CCCCC)C2=O. The number of amides is 4. The summed E-state index contributed by atoms with van der Waals surface area (Å²) < 4.78 is 0. The van der Waals surface area contributed by atoms with Crippen molar-refractivity contribution in [3.63, 3.8) is 0 Å². The first kappa shape index (κ1) is 41.0. The van der Waals surface area contributed by atoms with Crippen LogP contribution in [0.2, 0.25) is 0 Å². The third kappa shape index (κ3) is 7.25. The molecule has 2 aliphatic heterocycles. The van der Waals surface area contributed by atoms with Gasteiger partial charge in [-0.25, -0.2) is 0 Å². The Hall–Kier alpha value is -5.20. The minimum Gasteiger partial charge on any atom is -0.274 e. The van der Waals surface area contributed by atoms with Crippen molar-refractivity contribution in [3.8, 4) is 23.7 Å². The number of fused-ring (bicyclic) bond motifs is 2. The molecule has 58 heavy (non-hydrogen) atoms. The zero-order chi connectivity index (χ0) is 41.1. The maximum absolute atomic E-state index is 14.6. The van der Waals surface area contributed by atoms with E-state index < -0.39 is 0 Å². The molecule has 0 saturated heterocycles. The smallest absolute Gasteiger partial charge is 0.261 e. The van der Waals surface area contributed by atoms with Crippen LogP contribution in [0.5, 0.6) is 0 Å². The van der Waals surface area contributed by atoms with Crippen molar-refractivity contribution in [1.82, 2.24) is 9.80 Å². The molecule has 5 aromatic rings. The van der Waals surface area contributed by atoms with Gasteiger partial charge in [-0.15, -0.1) is 0 Å². The molecule has 2 atom stereocenters. The molecule has 4 amide bonds. The van der Waals surface area contributed by atoms with Crippen molar-refractivity contribution >= 4 is 66.7 Å². The van der Waals surface area contributed by atoms with Crippen LogP contribution in [0, 0.1) is 35.5 Å². The molecule has 6 heteroatoms. The minimum absolute atomic E-state index is 0.174. The molecule has 0 N–H and O–H groups in total. The van der Waals surface area contributed by atoms with Gasteiger partial charge in [0.25, 0.3) is 23.6 Å².